The van der Waals surface area contributed by atoms with Gasteiger partial charge in [0, 0.05) is 18.7 Å². The van der Waals surface area contributed by atoms with Crippen molar-refractivity contribution in [3.05, 3.63) is 65.2 Å². The van der Waals surface area contributed by atoms with Crippen LogP contribution in [-0.4, -0.2) is 31.0 Å². The molecular weight excluding hydrogens is 310 g/mol. The summed E-state index contributed by atoms with van der Waals surface area (Å²) in [5, 5.41) is -0.402. The molecule has 1 atom stereocenters. The SMILES string of the molecule is CCN(CC)C(=O)c1ccccc1C(Cl)c1cccc(OC)c1. The fourth-order valence-electron chi connectivity index (χ4n) is 2.57. The van der Waals surface area contributed by atoms with E-state index in [1.54, 1.807) is 12.0 Å². The van der Waals surface area contributed by atoms with Crippen LogP contribution in [0.15, 0.2) is 48.5 Å². The number of carbonyl (C=O) groups excluding carboxylic acids is 1. The van der Waals surface area contributed by atoms with E-state index < -0.39 is 5.38 Å². The van der Waals surface area contributed by atoms with Crippen LogP contribution in [0.5, 0.6) is 5.75 Å². The van der Waals surface area contributed by atoms with Crippen LogP contribution in [0, 0.1) is 0 Å². The van der Waals surface area contributed by atoms with Crippen LogP contribution in [0.2, 0.25) is 0 Å². The summed E-state index contributed by atoms with van der Waals surface area (Å²) < 4.78 is 5.26. The van der Waals surface area contributed by atoms with Crippen LogP contribution in [0.25, 0.3) is 0 Å². The Balaban J connectivity index is 2.41. The Labute approximate surface area is 142 Å². The number of rotatable bonds is 6. The van der Waals surface area contributed by atoms with Crippen LogP contribution in [-0.2, 0) is 0 Å². The van der Waals surface area contributed by atoms with Gasteiger partial charge in [0.05, 0.1) is 12.5 Å². The Morgan fingerprint density at radius 2 is 1.83 bits per heavy atom. The molecule has 23 heavy (non-hydrogen) atoms. The van der Waals surface area contributed by atoms with Gasteiger partial charge in [-0.1, -0.05) is 30.3 Å². The van der Waals surface area contributed by atoms with E-state index in [0.717, 1.165) is 16.9 Å². The number of methoxy groups -OCH3 is 1. The molecule has 0 saturated carbocycles. The zero-order valence-corrected chi connectivity index (χ0v) is 14.5. The summed E-state index contributed by atoms with van der Waals surface area (Å²) in [5.74, 6) is 0.764. The zero-order chi connectivity index (χ0) is 16.8. The van der Waals surface area contributed by atoms with Gasteiger partial charge in [0.15, 0.2) is 0 Å². The molecule has 0 heterocycles. The van der Waals surface area contributed by atoms with Gasteiger partial charge in [-0.05, 0) is 43.2 Å². The maximum Gasteiger partial charge on any atom is 0.254 e. The standard InChI is InChI=1S/C19H22ClNO2/c1-4-21(5-2)19(22)17-12-7-6-11-16(17)18(20)14-9-8-10-15(13-14)23-3/h6-13,18H,4-5H2,1-3H3. The van der Waals surface area contributed by atoms with Crippen LogP contribution >= 0.6 is 11.6 Å². The summed E-state index contributed by atoms with van der Waals surface area (Å²) in [6.07, 6.45) is 0. The number of benzene rings is 2. The Bertz CT molecular complexity index is 668. The molecule has 0 aliphatic rings. The van der Waals surface area contributed by atoms with Crippen molar-refractivity contribution in [2.75, 3.05) is 20.2 Å². The van der Waals surface area contributed by atoms with Gasteiger partial charge >= 0.3 is 0 Å². The average molecular weight is 332 g/mol. The number of ether oxygens (including phenoxy) is 1. The number of halogens is 1. The molecule has 2 aromatic rings. The Hall–Kier alpha value is -2.00. The van der Waals surface area contributed by atoms with E-state index in [0.29, 0.717) is 18.7 Å². The van der Waals surface area contributed by atoms with E-state index in [1.165, 1.54) is 0 Å². The number of nitrogens with zero attached hydrogens (tertiary/aromatic N) is 1. The van der Waals surface area contributed by atoms with Gasteiger partial charge in [-0.25, -0.2) is 0 Å². The lowest BCUT2D eigenvalue weighted by Gasteiger charge is -2.22. The first kappa shape index (κ1) is 17.4. The molecule has 0 fully saturated rings. The van der Waals surface area contributed by atoms with E-state index in [2.05, 4.69) is 0 Å². The molecule has 0 N–H and O–H groups in total. The highest BCUT2D eigenvalue weighted by Gasteiger charge is 2.21. The fraction of sp³-hybridized carbons (Fsp3) is 0.316. The van der Waals surface area contributed by atoms with Crippen molar-refractivity contribution in [3.63, 3.8) is 0 Å². The van der Waals surface area contributed by atoms with Crippen molar-refractivity contribution in [1.82, 2.24) is 4.90 Å². The third kappa shape index (κ3) is 3.85. The van der Waals surface area contributed by atoms with E-state index in [4.69, 9.17) is 16.3 Å². The van der Waals surface area contributed by atoms with Crippen molar-refractivity contribution in [2.24, 2.45) is 0 Å². The Morgan fingerprint density at radius 1 is 1.13 bits per heavy atom. The summed E-state index contributed by atoms with van der Waals surface area (Å²) in [7, 11) is 1.63. The summed E-state index contributed by atoms with van der Waals surface area (Å²) in [6.45, 7) is 5.31. The molecule has 122 valence electrons. The van der Waals surface area contributed by atoms with Crippen LogP contribution in [0.3, 0.4) is 0 Å². The molecule has 2 aromatic carbocycles. The minimum Gasteiger partial charge on any atom is -0.497 e. The lowest BCUT2D eigenvalue weighted by atomic mass is 9.98. The molecular formula is C19H22ClNO2. The van der Waals surface area contributed by atoms with Crippen LogP contribution in [0.1, 0.15) is 40.7 Å². The van der Waals surface area contributed by atoms with Gasteiger partial charge in [-0.2, -0.15) is 0 Å². The smallest absolute Gasteiger partial charge is 0.254 e. The first-order valence-corrected chi connectivity index (χ1v) is 8.22. The molecule has 1 unspecified atom stereocenters. The number of alkyl halides is 1. The predicted molar refractivity (Wildman–Crippen MR) is 94.4 cm³/mol. The maximum atomic E-state index is 12.7. The monoisotopic (exact) mass is 331 g/mol. The molecule has 1 amide bonds. The second-order valence-electron chi connectivity index (χ2n) is 5.20. The van der Waals surface area contributed by atoms with E-state index in [9.17, 15) is 4.79 Å². The first-order valence-electron chi connectivity index (χ1n) is 7.78. The molecule has 3 nitrogen and oxygen atoms in total. The quantitative estimate of drug-likeness (QED) is 0.729. The van der Waals surface area contributed by atoms with Gasteiger partial charge in [0.2, 0.25) is 0 Å². The van der Waals surface area contributed by atoms with Crippen molar-refractivity contribution in [2.45, 2.75) is 19.2 Å². The lowest BCUT2D eigenvalue weighted by molar-refractivity contribution is 0.0772. The minimum atomic E-state index is -0.402. The molecule has 4 heteroatoms. The topological polar surface area (TPSA) is 29.5 Å². The summed E-state index contributed by atoms with van der Waals surface area (Å²) in [6, 6.07) is 15.1. The highest BCUT2D eigenvalue weighted by molar-refractivity contribution is 6.23. The van der Waals surface area contributed by atoms with Gasteiger partial charge in [-0.3, -0.25) is 4.79 Å². The maximum absolute atomic E-state index is 12.7. The first-order chi connectivity index (χ1) is 11.1. The third-order valence-corrected chi connectivity index (χ3v) is 4.39. The molecule has 0 aliphatic heterocycles. The second-order valence-corrected chi connectivity index (χ2v) is 5.64. The summed E-state index contributed by atoms with van der Waals surface area (Å²) in [4.78, 5) is 14.5. The van der Waals surface area contributed by atoms with Crippen LogP contribution < -0.4 is 4.74 Å². The molecule has 2 rings (SSSR count). The largest absolute Gasteiger partial charge is 0.497 e. The molecule has 0 spiro atoms. The minimum absolute atomic E-state index is 0.0131. The molecule has 0 radical (unpaired) electrons. The number of carbonyl (C=O) groups is 1. The van der Waals surface area contributed by atoms with Crippen molar-refractivity contribution in [3.8, 4) is 5.75 Å². The molecule has 0 aromatic heterocycles. The summed E-state index contributed by atoms with van der Waals surface area (Å²) >= 11 is 6.67. The highest BCUT2D eigenvalue weighted by atomic mass is 35.5. The number of hydrogen-bond donors (Lipinski definition) is 0. The Kier molecular flexibility index (Phi) is 6.05. The molecule has 0 bridgehead atoms. The van der Waals surface area contributed by atoms with Gasteiger partial charge in [-0.15, -0.1) is 11.6 Å². The van der Waals surface area contributed by atoms with Crippen molar-refractivity contribution < 1.29 is 9.53 Å². The van der Waals surface area contributed by atoms with Gasteiger partial charge in [0.25, 0.3) is 5.91 Å². The highest BCUT2D eigenvalue weighted by Crippen LogP contribution is 2.33. The number of amides is 1. The van der Waals surface area contributed by atoms with Crippen molar-refractivity contribution in [1.29, 1.82) is 0 Å². The molecule has 0 saturated heterocycles. The van der Waals surface area contributed by atoms with E-state index in [1.807, 2.05) is 62.4 Å². The average Bonchev–Trinajstić information content (AvgIpc) is 2.62. The van der Waals surface area contributed by atoms with E-state index >= 15 is 0 Å². The van der Waals surface area contributed by atoms with Gasteiger partial charge in [0.1, 0.15) is 5.75 Å². The molecule has 0 aliphatic carbocycles. The Morgan fingerprint density at radius 3 is 2.48 bits per heavy atom. The lowest BCUT2D eigenvalue weighted by Crippen LogP contribution is -2.31. The van der Waals surface area contributed by atoms with Gasteiger partial charge < -0.3 is 9.64 Å². The third-order valence-electron chi connectivity index (χ3n) is 3.90. The normalized spacial score (nSPS) is 11.8. The van der Waals surface area contributed by atoms with E-state index in [-0.39, 0.29) is 5.91 Å². The predicted octanol–water partition coefficient (Wildman–Crippen LogP) is 4.51. The van der Waals surface area contributed by atoms with Crippen molar-refractivity contribution >= 4 is 17.5 Å². The summed E-state index contributed by atoms with van der Waals surface area (Å²) in [5.41, 5.74) is 2.38. The number of hydrogen-bond acceptors (Lipinski definition) is 2. The fourth-order valence-corrected chi connectivity index (χ4v) is 2.90. The van der Waals surface area contributed by atoms with Crippen LogP contribution in [0.4, 0.5) is 0 Å². The zero-order valence-electron chi connectivity index (χ0n) is 13.8. The second kappa shape index (κ2) is 8.02.